The third kappa shape index (κ3) is 5.42. The molecular formula is C23H25FN4O4. The van der Waals surface area contributed by atoms with Crippen LogP contribution in [0.15, 0.2) is 47.7 Å². The zero-order valence-electron chi connectivity index (χ0n) is 18.1. The van der Waals surface area contributed by atoms with Crippen LogP contribution in [0.2, 0.25) is 0 Å². The molecule has 8 nitrogen and oxygen atoms in total. The molecule has 1 heterocycles. The highest BCUT2D eigenvalue weighted by Gasteiger charge is 2.18. The second-order valence-corrected chi connectivity index (χ2v) is 6.51. The molecular weight excluding hydrogens is 415 g/mol. The van der Waals surface area contributed by atoms with Gasteiger partial charge >= 0.3 is 0 Å². The third-order valence-electron chi connectivity index (χ3n) is 4.34. The Kier molecular flexibility index (Phi) is 7.80. The van der Waals surface area contributed by atoms with Crippen LogP contribution in [0.5, 0.6) is 17.2 Å². The monoisotopic (exact) mass is 440 g/mol. The van der Waals surface area contributed by atoms with Gasteiger partial charge in [0.05, 0.1) is 37.9 Å². The summed E-state index contributed by atoms with van der Waals surface area (Å²) in [5, 5.41) is 10.9. The Morgan fingerprint density at radius 1 is 1.06 bits per heavy atom. The molecule has 2 N–H and O–H groups in total. The minimum atomic E-state index is -0.446. The number of benzene rings is 2. The molecule has 1 amide bonds. The molecule has 2 aromatic carbocycles. The first-order valence-electron chi connectivity index (χ1n) is 10.3. The second-order valence-electron chi connectivity index (χ2n) is 6.51. The summed E-state index contributed by atoms with van der Waals surface area (Å²) >= 11 is 0. The lowest BCUT2D eigenvalue weighted by Gasteiger charge is -2.16. The number of carbonyl (C=O) groups excluding carboxylic acids is 1. The lowest BCUT2D eigenvalue weighted by atomic mass is 10.1. The number of carbonyl (C=O) groups is 1. The SMILES string of the molecule is CCOc1cc(C(=O)N/N=C/c2cn[nH]c2-c2ccc(F)cc2)cc(OCC)c1OCC. The van der Waals surface area contributed by atoms with Crippen LogP contribution in [0, 0.1) is 5.82 Å². The van der Waals surface area contributed by atoms with Crippen molar-refractivity contribution in [2.75, 3.05) is 19.8 Å². The fourth-order valence-electron chi connectivity index (χ4n) is 2.99. The predicted octanol–water partition coefficient (Wildman–Crippen LogP) is 4.18. The molecule has 1 aromatic heterocycles. The number of amides is 1. The average molecular weight is 440 g/mol. The molecule has 32 heavy (non-hydrogen) atoms. The van der Waals surface area contributed by atoms with Crippen LogP contribution in [0.25, 0.3) is 11.3 Å². The molecule has 0 fully saturated rings. The number of ether oxygens (including phenoxy) is 3. The topological polar surface area (TPSA) is 97.8 Å². The van der Waals surface area contributed by atoms with E-state index in [1.165, 1.54) is 18.3 Å². The Morgan fingerprint density at radius 3 is 2.28 bits per heavy atom. The van der Waals surface area contributed by atoms with Gasteiger partial charge in [0, 0.05) is 16.7 Å². The summed E-state index contributed by atoms with van der Waals surface area (Å²) < 4.78 is 30.1. The Morgan fingerprint density at radius 2 is 1.69 bits per heavy atom. The summed E-state index contributed by atoms with van der Waals surface area (Å²) in [5.41, 5.74) is 4.83. The van der Waals surface area contributed by atoms with E-state index in [1.54, 1.807) is 30.5 Å². The number of hydrogen-bond acceptors (Lipinski definition) is 6. The van der Waals surface area contributed by atoms with E-state index in [4.69, 9.17) is 14.2 Å². The van der Waals surface area contributed by atoms with Crippen LogP contribution >= 0.6 is 0 Å². The van der Waals surface area contributed by atoms with E-state index in [9.17, 15) is 9.18 Å². The summed E-state index contributed by atoms with van der Waals surface area (Å²) in [6.45, 7) is 6.78. The van der Waals surface area contributed by atoms with E-state index in [0.717, 1.165) is 5.56 Å². The first kappa shape index (κ1) is 22.8. The van der Waals surface area contributed by atoms with E-state index in [-0.39, 0.29) is 5.82 Å². The third-order valence-corrected chi connectivity index (χ3v) is 4.34. The summed E-state index contributed by atoms with van der Waals surface area (Å²) in [6.07, 6.45) is 3.02. The zero-order chi connectivity index (χ0) is 22.9. The van der Waals surface area contributed by atoms with Crippen LogP contribution in [0.4, 0.5) is 4.39 Å². The number of aromatic nitrogens is 2. The Hall–Kier alpha value is -3.88. The van der Waals surface area contributed by atoms with Gasteiger partial charge in [0.1, 0.15) is 5.82 Å². The van der Waals surface area contributed by atoms with Crippen molar-refractivity contribution in [3.63, 3.8) is 0 Å². The van der Waals surface area contributed by atoms with Gasteiger partial charge < -0.3 is 14.2 Å². The number of nitrogens with zero attached hydrogens (tertiary/aromatic N) is 2. The summed E-state index contributed by atoms with van der Waals surface area (Å²) in [5.74, 6) is 0.520. The van der Waals surface area contributed by atoms with Crippen molar-refractivity contribution in [2.45, 2.75) is 20.8 Å². The largest absolute Gasteiger partial charge is 0.490 e. The number of aromatic amines is 1. The number of H-pyrrole nitrogens is 1. The fraction of sp³-hybridized carbons (Fsp3) is 0.261. The van der Waals surface area contributed by atoms with E-state index < -0.39 is 5.91 Å². The number of nitrogens with one attached hydrogen (secondary N) is 2. The number of hydrazone groups is 1. The Balaban J connectivity index is 1.80. The van der Waals surface area contributed by atoms with E-state index in [0.29, 0.717) is 53.9 Å². The first-order chi connectivity index (χ1) is 15.6. The van der Waals surface area contributed by atoms with Gasteiger partial charge in [0.15, 0.2) is 11.5 Å². The molecule has 0 aliphatic carbocycles. The van der Waals surface area contributed by atoms with Crippen molar-refractivity contribution < 1.29 is 23.4 Å². The number of rotatable bonds is 10. The van der Waals surface area contributed by atoms with Crippen molar-refractivity contribution in [2.24, 2.45) is 5.10 Å². The van der Waals surface area contributed by atoms with Crippen molar-refractivity contribution >= 4 is 12.1 Å². The zero-order valence-corrected chi connectivity index (χ0v) is 18.1. The van der Waals surface area contributed by atoms with Crippen molar-refractivity contribution in [3.05, 3.63) is 59.5 Å². The first-order valence-corrected chi connectivity index (χ1v) is 10.3. The molecule has 0 aliphatic rings. The van der Waals surface area contributed by atoms with Crippen molar-refractivity contribution in [1.82, 2.24) is 15.6 Å². The lowest BCUT2D eigenvalue weighted by molar-refractivity contribution is 0.0954. The van der Waals surface area contributed by atoms with Gasteiger partial charge in [-0.25, -0.2) is 9.82 Å². The summed E-state index contributed by atoms with van der Waals surface area (Å²) in [6, 6.07) is 9.15. The van der Waals surface area contributed by atoms with E-state index in [1.807, 2.05) is 20.8 Å². The highest BCUT2D eigenvalue weighted by atomic mass is 19.1. The highest BCUT2D eigenvalue weighted by molar-refractivity contribution is 5.96. The van der Waals surface area contributed by atoms with E-state index in [2.05, 4.69) is 20.7 Å². The van der Waals surface area contributed by atoms with Crippen LogP contribution in [-0.2, 0) is 0 Å². The fourth-order valence-corrected chi connectivity index (χ4v) is 2.99. The van der Waals surface area contributed by atoms with Gasteiger partial charge in [-0.3, -0.25) is 9.89 Å². The maximum absolute atomic E-state index is 13.2. The quantitative estimate of drug-likeness (QED) is 0.364. The minimum Gasteiger partial charge on any atom is -0.490 e. The van der Waals surface area contributed by atoms with Crippen LogP contribution in [0.1, 0.15) is 36.7 Å². The average Bonchev–Trinajstić information content (AvgIpc) is 3.25. The molecule has 168 valence electrons. The van der Waals surface area contributed by atoms with E-state index >= 15 is 0 Å². The van der Waals surface area contributed by atoms with Gasteiger partial charge in [0.2, 0.25) is 5.75 Å². The molecule has 3 aromatic rings. The smallest absolute Gasteiger partial charge is 0.271 e. The standard InChI is InChI=1S/C23H25FN4O4/c1-4-30-19-11-16(12-20(31-5-2)22(19)32-6-3)23(29)28-26-14-17-13-25-27-21(17)15-7-9-18(24)10-8-15/h7-14H,4-6H2,1-3H3,(H,25,27)(H,28,29)/b26-14+. The molecule has 9 heteroatoms. The molecule has 0 atom stereocenters. The molecule has 0 aliphatic heterocycles. The minimum absolute atomic E-state index is 0.309. The summed E-state index contributed by atoms with van der Waals surface area (Å²) in [4.78, 5) is 12.7. The number of halogens is 1. The van der Waals surface area contributed by atoms with Crippen LogP contribution in [0.3, 0.4) is 0 Å². The van der Waals surface area contributed by atoms with Crippen molar-refractivity contribution in [1.29, 1.82) is 0 Å². The van der Waals surface area contributed by atoms with Crippen molar-refractivity contribution in [3.8, 4) is 28.5 Å². The molecule has 0 saturated carbocycles. The molecule has 0 radical (unpaired) electrons. The van der Waals surface area contributed by atoms with Gasteiger partial charge in [0.25, 0.3) is 5.91 Å². The van der Waals surface area contributed by atoms with Gasteiger partial charge in [-0.2, -0.15) is 10.2 Å². The van der Waals surface area contributed by atoms with Crippen LogP contribution < -0.4 is 19.6 Å². The van der Waals surface area contributed by atoms with Crippen LogP contribution in [-0.4, -0.2) is 42.1 Å². The second kappa shape index (κ2) is 10.9. The maximum Gasteiger partial charge on any atom is 0.271 e. The normalized spacial score (nSPS) is 10.9. The molecule has 0 bridgehead atoms. The summed E-state index contributed by atoms with van der Waals surface area (Å²) in [7, 11) is 0. The molecule has 3 rings (SSSR count). The van der Waals surface area contributed by atoms with Gasteiger partial charge in [-0.15, -0.1) is 0 Å². The highest BCUT2D eigenvalue weighted by Crippen LogP contribution is 2.39. The lowest BCUT2D eigenvalue weighted by Crippen LogP contribution is -2.18. The molecule has 0 saturated heterocycles. The Labute approximate surface area is 185 Å². The molecule has 0 unspecified atom stereocenters. The van der Waals surface area contributed by atoms with Gasteiger partial charge in [-0.1, -0.05) is 0 Å². The maximum atomic E-state index is 13.2. The predicted molar refractivity (Wildman–Crippen MR) is 119 cm³/mol. The molecule has 0 spiro atoms. The Bertz CT molecular complexity index is 1050. The number of hydrogen-bond donors (Lipinski definition) is 2. The van der Waals surface area contributed by atoms with Gasteiger partial charge in [-0.05, 0) is 57.2 Å².